The molecular weight excluding hydrogens is 866 g/mol. The molecule has 0 amide bonds. The smallest absolute Gasteiger partial charge is 0.457 e. The highest BCUT2D eigenvalue weighted by molar-refractivity contribution is 7.47. The number of allylic oxidation sites excluding steroid dienone is 8. The van der Waals surface area contributed by atoms with Gasteiger partial charge < -0.3 is 18.9 Å². The number of rotatable bonds is 54. The van der Waals surface area contributed by atoms with Crippen LogP contribution >= 0.6 is 7.82 Å². The topological polar surface area (TPSA) is 91.3 Å². The number of ether oxygens (including phenoxy) is 2. The number of hydrogen-bond donors (Lipinski definition) is 1. The van der Waals surface area contributed by atoms with Gasteiger partial charge in [0.15, 0.2) is 0 Å². The van der Waals surface area contributed by atoms with Crippen LogP contribution in [0.2, 0.25) is 0 Å². The van der Waals surface area contributed by atoms with Crippen molar-refractivity contribution in [2.24, 2.45) is 0 Å². The minimum Gasteiger partial charge on any atom is -0.457 e. The van der Waals surface area contributed by atoms with Crippen LogP contribution in [-0.4, -0.2) is 75.6 Å². The monoisotopic (exact) mass is 979 g/mol. The zero-order valence-electron chi connectivity index (χ0n) is 45.6. The van der Waals surface area contributed by atoms with E-state index in [1.807, 2.05) is 21.1 Å². The van der Waals surface area contributed by atoms with Crippen molar-refractivity contribution in [2.45, 2.75) is 270 Å². The third-order valence-electron chi connectivity index (χ3n) is 12.7. The van der Waals surface area contributed by atoms with E-state index in [2.05, 4.69) is 62.5 Å². The molecule has 0 saturated carbocycles. The van der Waals surface area contributed by atoms with Gasteiger partial charge in [-0.1, -0.05) is 255 Å². The molecule has 0 fully saturated rings. The molecule has 0 aromatic rings. The average molecular weight is 980 g/mol. The van der Waals surface area contributed by atoms with Crippen molar-refractivity contribution in [3.63, 3.8) is 0 Å². The number of quaternary nitrogens is 1. The lowest BCUT2D eigenvalue weighted by Gasteiger charge is -2.24. The molecule has 0 aliphatic carbocycles. The Kier molecular flexibility index (Phi) is 50.6. The number of phosphoric ester groups is 1. The van der Waals surface area contributed by atoms with E-state index in [0.29, 0.717) is 24.1 Å². The Morgan fingerprint density at radius 3 is 1.28 bits per heavy atom. The lowest BCUT2D eigenvalue weighted by Crippen LogP contribution is -2.37. The van der Waals surface area contributed by atoms with Crippen LogP contribution in [0.1, 0.15) is 264 Å². The highest BCUT2D eigenvalue weighted by Crippen LogP contribution is 2.43. The zero-order chi connectivity index (χ0) is 49.8. The van der Waals surface area contributed by atoms with Gasteiger partial charge in [0, 0.05) is 13.0 Å². The lowest BCUT2D eigenvalue weighted by molar-refractivity contribution is -0.870. The van der Waals surface area contributed by atoms with Gasteiger partial charge in [0.05, 0.1) is 34.4 Å². The van der Waals surface area contributed by atoms with Gasteiger partial charge in [0.2, 0.25) is 0 Å². The average Bonchev–Trinajstić information content (AvgIpc) is 3.30. The first kappa shape index (κ1) is 66.5. The number of carbonyl (C=O) groups excluding carboxylic acids is 1. The molecule has 1 N–H and O–H groups in total. The summed E-state index contributed by atoms with van der Waals surface area (Å²) in [6, 6.07) is 0. The molecule has 0 rings (SSSR count). The molecule has 2 unspecified atom stereocenters. The zero-order valence-corrected chi connectivity index (χ0v) is 46.5. The Balaban J connectivity index is 4.05. The van der Waals surface area contributed by atoms with Crippen molar-refractivity contribution in [1.82, 2.24) is 0 Å². The van der Waals surface area contributed by atoms with Crippen molar-refractivity contribution in [2.75, 3.05) is 54.1 Å². The van der Waals surface area contributed by atoms with E-state index in [9.17, 15) is 14.3 Å². The van der Waals surface area contributed by atoms with Crippen molar-refractivity contribution in [3.05, 3.63) is 48.6 Å². The molecule has 9 heteroatoms. The maximum atomic E-state index is 12.8. The third-order valence-corrected chi connectivity index (χ3v) is 13.6. The van der Waals surface area contributed by atoms with Crippen LogP contribution in [0, 0.1) is 0 Å². The molecule has 0 radical (unpaired) electrons. The van der Waals surface area contributed by atoms with E-state index in [1.165, 1.54) is 186 Å². The molecule has 0 spiro atoms. The van der Waals surface area contributed by atoms with Crippen molar-refractivity contribution in [1.29, 1.82) is 0 Å². The molecule has 68 heavy (non-hydrogen) atoms. The summed E-state index contributed by atoms with van der Waals surface area (Å²) in [5.74, 6) is -0.312. The first-order chi connectivity index (χ1) is 33.1. The van der Waals surface area contributed by atoms with Gasteiger partial charge >= 0.3 is 13.8 Å². The molecule has 0 aliphatic heterocycles. The summed E-state index contributed by atoms with van der Waals surface area (Å²) in [6.07, 6.45) is 66.0. The number of likely N-dealkylation sites (N-methyl/N-ethyl adjacent to an activating group) is 1. The van der Waals surface area contributed by atoms with E-state index in [4.69, 9.17) is 18.5 Å². The maximum Gasteiger partial charge on any atom is 0.472 e. The van der Waals surface area contributed by atoms with E-state index >= 15 is 0 Å². The van der Waals surface area contributed by atoms with Crippen molar-refractivity contribution < 1.29 is 37.3 Å². The number of hydrogen-bond acceptors (Lipinski definition) is 6. The Morgan fingerprint density at radius 2 is 0.853 bits per heavy atom. The minimum absolute atomic E-state index is 0.0892. The summed E-state index contributed by atoms with van der Waals surface area (Å²) in [5.41, 5.74) is 0. The quantitative estimate of drug-likeness (QED) is 0.0213. The van der Waals surface area contributed by atoms with Crippen molar-refractivity contribution in [3.8, 4) is 0 Å². The molecule has 0 aliphatic rings. The SMILES string of the molecule is CC/C=C\C/C=C\C/C=C\C/C=C\CCCCCCCCCCCCCCC(=O)OC(COCCCCCCCCCCCCCCCCCCCCCCC)COP(=O)(O)OCC[N+](C)(C)C. The van der Waals surface area contributed by atoms with E-state index < -0.39 is 13.9 Å². The maximum absolute atomic E-state index is 12.8. The van der Waals surface area contributed by atoms with E-state index in [-0.39, 0.29) is 25.8 Å². The van der Waals surface area contributed by atoms with Gasteiger partial charge in [0.1, 0.15) is 19.3 Å². The summed E-state index contributed by atoms with van der Waals surface area (Å²) in [6.45, 7) is 5.56. The van der Waals surface area contributed by atoms with Gasteiger partial charge in [-0.3, -0.25) is 13.8 Å². The van der Waals surface area contributed by atoms with Crippen LogP contribution in [-0.2, 0) is 27.9 Å². The normalized spacial score (nSPS) is 13.8. The van der Waals surface area contributed by atoms with E-state index in [0.717, 1.165) is 57.8 Å². The summed E-state index contributed by atoms with van der Waals surface area (Å²) < 4.78 is 35.3. The second-order valence-corrected chi connectivity index (χ2v) is 22.1. The van der Waals surface area contributed by atoms with Crippen molar-refractivity contribution >= 4 is 13.8 Å². The van der Waals surface area contributed by atoms with Gasteiger partial charge in [0.25, 0.3) is 0 Å². The Labute approximate surface area is 422 Å². The number of unbranched alkanes of at least 4 members (excludes halogenated alkanes) is 32. The number of esters is 1. The fourth-order valence-electron chi connectivity index (χ4n) is 8.25. The molecule has 0 heterocycles. The second kappa shape index (κ2) is 51.8. The molecule has 0 aromatic heterocycles. The van der Waals surface area contributed by atoms with Crippen LogP contribution < -0.4 is 0 Å². The third kappa shape index (κ3) is 55.4. The molecule has 0 saturated heterocycles. The number of nitrogens with zero attached hydrogens (tertiary/aromatic N) is 1. The number of phosphoric acid groups is 1. The van der Waals surface area contributed by atoms with Crippen LogP contribution in [0.4, 0.5) is 0 Å². The summed E-state index contributed by atoms with van der Waals surface area (Å²) in [7, 11) is 1.68. The van der Waals surface area contributed by atoms with Crippen LogP contribution in [0.5, 0.6) is 0 Å². The summed E-state index contributed by atoms with van der Waals surface area (Å²) in [5, 5.41) is 0. The Bertz CT molecular complexity index is 1230. The van der Waals surface area contributed by atoms with Gasteiger partial charge in [-0.05, 0) is 51.4 Å². The first-order valence-electron chi connectivity index (χ1n) is 28.9. The van der Waals surface area contributed by atoms with Gasteiger partial charge in [-0.25, -0.2) is 4.57 Å². The molecule has 0 bridgehead atoms. The molecule has 2 atom stereocenters. The molecule has 400 valence electrons. The second-order valence-electron chi connectivity index (χ2n) is 20.7. The van der Waals surface area contributed by atoms with Crippen LogP contribution in [0.3, 0.4) is 0 Å². The lowest BCUT2D eigenvalue weighted by atomic mass is 10.0. The first-order valence-corrected chi connectivity index (χ1v) is 30.4. The predicted octanol–water partition coefficient (Wildman–Crippen LogP) is 18.2. The van der Waals surface area contributed by atoms with Crippen LogP contribution in [0.15, 0.2) is 48.6 Å². The molecular formula is C59H113NO7P+. The van der Waals surface area contributed by atoms with Gasteiger partial charge in [-0.15, -0.1) is 0 Å². The Morgan fingerprint density at radius 1 is 0.471 bits per heavy atom. The largest absolute Gasteiger partial charge is 0.472 e. The van der Waals surface area contributed by atoms with Crippen LogP contribution in [0.25, 0.3) is 0 Å². The minimum atomic E-state index is -4.28. The predicted molar refractivity (Wildman–Crippen MR) is 293 cm³/mol. The molecule has 8 nitrogen and oxygen atoms in total. The highest BCUT2D eigenvalue weighted by Gasteiger charge is 2.26. The van der Waals surface area contributed by atoms with E-state index in [1.54, 1.807) is 0 Å². The summed E-state index contributed by atoms with van der Waals surface area (Å²) >= 11 is 0. The fourth-order valence-corrected chi connectivity index (χ4v) is 8.99. The number of carbonyl (C=O) groups is 1. The molecule has 0 aromatic carbocycles. The summed E-state index contributed by atoms with van der Waals surface area (Å²) in [4.78, 5) is 23.1. The van der Waals surface area contributed by atoms with Gasteiger partial charge in [-0.2, -0.15) is 0 Å². The standard InChI is InChI=1S/C59H112NO7P/c1-6-8-10-12-14-16-18-20-22-24-26-28-29-30-31-32-34-36-38-40-42-44-46-48-50-52-59(61)67-58(57-66-68(62,63)65-55-53-60(3,4)5)56-64-54-51-49-47-45-43-41-39-37-35-33-27-25-23-21-19-17-15-13-11-9-7-2/h8,10,14,16,20,22,26,28,58H,6-7,9,11-13,15,17-19,21,23-25,27,29-57H2,1-5H3/p+1/b10-8-,16-14-,22-20-,28-26-. The highest BCUT2D eigenvalue weighted by atomic mass is 31.2. The Hall–Kier alpha value is -1.54. The fraction of sp³-hybridized carbons (Fsp3) is 0.847.